The second-order valence-corrected chi connectivity index (χ2v) is 5.77. The van der Waals surface area contributed by atoms with Crippen LogP contribution in [-0.4, -0.2) is 80.6 Å². The highest BCUT2D eigenvalue weighted by Gasteiger charge is 2.08. The highest BCUT2D eigenvalue weighted by Crippen LogP contribution is 2.27. The Morgan fingerprint density at radius 1 is 1.06 bits per heavy atom. The average Bonchev–Trinajstić information content (AvgIpc) is 2.88. The van der Waals surface area contributed by atoms with Crippen LogP contribution in [0.1, 0.15) is 11.1 Å². The summed E-state index contributed by atoms with van der Waals surface area (Å²) in [5, 5.41) is 15.2. The number of nitrogens with zero attached hydrogens (tertiary/aromatic N) is 2. The molecule has 0 aliphatic carbocycles. The molecule has 1 heterocycles. The smallest absolute Gasteiger partial charge is 0.246 e. The van der Waals surface area contributed by atoms with Gasteiger partial charge in [-0.05, 0) is 41.8 Å². The lowest BCUT2D eigenvalue weighted by atomic mass is 10.1. The molecule has 9 nitrogen and oxygen atoms in total. The van der Waals surface area contributed by atoms with E-state index in [1.807, 2.05) is 43.9 Å². The summed E-state index contributed by atoms with van der Waals surface area (Å²) in [4.78, 5) is 33.8. The zero-order valence-electron chi connectivity index (χ0n) is 18.8. The van der Waals surface area contributed by atoms with Gasteiger partial charge in [0.05, 0.1) is 27.4 Å². The van der Waals surface area contributed by atoms with E-state index in [9.17, 15) is 4.79 Å². The molecule has 1 amide bonds. The monoisotopic (exact) mass is 448 g/mol. The maximum Gasteiger partial charge on any atom is 0.246 e. The summed E-state index contributed by atoms with van der Waals surface area (Å²) in [6.07, 6.45) is 7.49. The number of hydrogen-bond acceptors (Lipinski definition) is 8. The van der Waals surface area contributed by atoms with Crippen LogP contribution in [0.3, 0.4) is 0 Å². The van der Waals surface area contributed by atoms with Crippen molar-refractivity contribution in [1.82, 2.24) is 9.88 Å². The van der Waals surface area contributed by atoms with Crippen molar-refractivity contribution < 1.29 is 34.1 Å². The van der Waals surface area contributed by atoms with E-state index in [1.54, 1.807) is 50.7 Å². The number of rotatable bonds is 8. The van der Waals surface area contributed by atoms with E-state index in [1.165, 1.54) is 0 Å². The van der Waals surface area contributed by atoms with Crippen molar-refractivity contribution in [2.75, 3.05) is 41.0 Å². The second kappa shape index (κ2) is 20.7. The number of pyridine rings is 1. The fourth-order valence-electron chi connectivity index (χ4n) is 2.21. The van der Waals surface area contributed by atoms with Gasteiger partial charge in [0, 0.05) is 32.1 Å². The molecule has 0 radical (unpaired) electrons. The van der Waals surface area contributed by atoms with Gasteiger partial charge in [0.25, 0.3) is 0 Å². The molecule has 0 atom stereocenters. The molecule has 9 heteroatoms. The summed E-state index contributed by atoms with van der Waals surface area (Å²) < 4.78 is 10.5. The van der Waals surface area contributed by atoms with E-state index < -0.39 is 0 Å². The van der Waals surface area contributed by atoms with Crippen LogP contribution in [0.15, 0.2) is 48.8 Å². The van der Waals surface area contributed by atoms with Gasteiger partial charge in [0.2, 0.25) is 5.91 Å². The van der Waals surface area contributed by atoms with Gasteiger partial charge in [0.1, 0.15) is 13.6 Å². The first-order valence-corrected chi connectivity index (χ1v) is 9.39. The van der Waals surface area contributed by atoms with Crippen molar-refractivity contribution in [3.8, 4) is 11.5 Å². The molecule has 0 aliphatic heterocycles. The summed E-state index contributed by atoms with van der Waals surface area (Å²) in [6.45, 7) is 4.37. The predicted molar refractivity (Wildman–Crippen MR) is 123 cm³/mol. The van der Waals surface area contributed by atoms with E-state index >= 15 is 0 Å². The summed E-state index contributed by atoms with van der Waals surface area (Å²) >= 11 is 0. The van der Waals surface area contributed by atoms with E-state index in [-0.39, 0.29) is 19.1 Å². The number of aliphatic hydroxyl groups is 2. The third-order valence-corrected chi connectivity index (χ3v) is 3.76. The minimum Gasteiger partial charge on any atom is -0.493 e. The Balaban J connectivity index is 0. The number of aromatic nitrogens is 1. The van der Waals surface area contributed by atoms with Gasteiger partial charge in [0.15, 0.2) is 11.5 Å². The van der Waals surface area contributed by atoms with Crippen LogP contribution < -0.4 is 9.47 Å². The fourth-order valence-corrected chi connectivity index (χ4v) is 2.21. The zero-order valence-corrected chi connectivity index (χ0v) is 18.8. The molecule has 0 saturated carbocycles. The Morgan fingerprint density at radius 3 is 2.19 bits per heavy atom. The number of likely N-dealkylation sites (N-methyl/N-ethyl adjacent to an activating group) is 1. The summed E-state index contributed by atoms with van der Waals surface area (Å²) in [5.74, 6) is 1.35. The molecule has 0 fully saturated rings. The van der Waals surface area contributed by atoms with Gasteiger partial charge in [-0.3, -0.25) is 9.78 Å². The van der Waals surface area contributed by atoms with Crippen LogP contribution in [0.25, 0.3) is 6.08 Å². The number of ether oxygens (including phenoxy) is 2. The van der Waals surface area contributed by atoms with Gasteiger partial charge < -0.3 is 34.2 Å². The van der Waals surface area contributed by atoms with Gasteiger partial charge in [-0.25, -0.2) is 0 Å². The second-order valence-electron chi connectivity index (χ2n) is 5.77. The Kier molecular flexibility index (Phi) is 19.8. The van der Waals surface area contributed by atoms with E-state index in [2.05, 4.69) is 4.98 Å². The van der Waals surface area contributed by atoms with E-state index in [4.69, 9.17) is 29.3 Å². The standard InChI is InChI=1S/C19H22N2O3.C2H6O2.2CH2O/c1-21(19(22)9-7-16-5-4-11-20-14-16)12-10-15-6-8-17(23-2)18(13-15)24-3;3-1-2-4;2*1-2/h4-9,11,13-14H,10,12H2,1-3H3;3-4H,1-2H2;2*1H2/b9-7+;;;. The molecule has 2 aromatic rings. The molecule has 1 aromatic carbocycles. The lowest BCUT2D eigenvalue weighted by Gasteiger charge is -2.16. The predicted octanol–water partition coefficient (Wildman–Crippen LogP) is 1.41. The van der Waals surface area contributed by atoms with Crippen molar-refractivity contribution in [3.63, 3.8) is 0 Å². The first-order chi connectivity index (χ1) is 15.5. The number of carbonyl (C=O) groups is 3. The molecule has 0 spiro atoms. The normalized spacial score (nSPS) is 9.16. The lowest BCUT2D eigenvalue weighted by molar-refractivity contribution is -0.124. The first-order valence-electron chi connectivity index (χ1n) is 9.39. The number of amides is 1. The molecule has 32 heavy (non-hydrogen) atoms. The van der Waals surface area contributed by atoms with Crippen molar-refractivity contribution in [2.24, 2.45) is 0 Å². The van der Waals surface area contributed by atoms with Crippen molar-refractivity contribution >= 4 is 25.6 Å². The van der Waals surface area contributed by atoms with Crippen LogP contribution in [-0.2, 0) is 20.8 Å². The Labute approximate surface area is 188 Å². The van der Waals surface area contributed by atoms with Gasteiger partial charge in [-0.2, -0.15) is 0 Å². The number of aliphatic hydroxyl groups excluding tert-OH is 2. The Morgan fingerprint density at radius 2 is 1.69 bits per heavy atom. The number of carbonyl (C=O) groups excluding carboxylic acids is 3. The van der Waals surface area contributed by atoms with Crippen molar-refractivity contribution in [2.45, 2.75) is 6.42 Å². The van der Waals surface area contributed by atoms with Gasteiger partial charge in [-0.15, -0.1) is 0 Å². The minimum atomic E-state index is -0.125. The van der Waals surface area contributed by atoms with Gasteiger partial charge in [-0.1, -0.05) is 12.1 Å². The topological polar surface area (TPSA) is 126 Å². The molecular formula is C23H32N2O7. The average molecular weight is 449 g/mol. The lowest BCUT2D eigenvalue weighted by Crippen LogP contribution is -2.27. The molecule has 0 unspecified atom stereocenters. The minimum absolute atomic E-state index is 0.0423. The van der Waals surface area contributed by atoms with Crippen molar-refractivity contribution in [1.29, 1.82) is 0 Å². The SMILES string of the molecule is C=O.C=O.COc1ccc(CCN(C)C(=O)/C=C/c2cccnc2)cc1OC.OCCO. The number of benzene rings is 1. The first kappa shape index (κ1) is 30.6. The van der Waals surface area contributed by atoms with Crippen LogP contribution in [0.4, 0.5) is 0 Å². The van der Waals surface area contributed by atoms with Crippen LogP contribution >= 0.6 is 0 Å². The van der Waals surface area contributed by atoms with Gasteiger partial charge >= 0.3 is 0 Å². The van der Waals surface area contributed by atoms with Crippen LogP contribution in [0.5, 0.6) is 11.5 Å². The molecule has 0 aliphatic rings. The highest BCUT2D eigenvalue weighted by atomic mass is 16.5. The largest absolute Gasteiger partial charge is 0.493 e. The zero-order chi connectivity index (χ0) is 24.8. The van der Waals surface area contributed by atoms with Crippen molar-refractivity contribution in [3.05, 3.63) is 59.9 Å². The maximum absolute atomic E-state index is 12.1. The molecular weight excluding hydrogens is 416 g/mol. The van der Waals surface area contributed by atoms with E-state index in [0.29, 0.717) is 18.0 Å². The highest BCUT2D eigenvalue weighted by molar-refractivity contribution is 5.91. The molecule has 0 bridgehead atoms. The summed E-state index contributed by atoms with van der Waals surface area (Å²) in [7, 11) is 5.01. The quantitative estimate of drug-likeness (QED) is 0.581. The molecule has 1 aromatic heterocycles. The maximum atomic E-state index is 12.1. The number of hydrogen-bond donors (Lipinski definition) is 2. The molecule has 176 valence electrons. The van der Waals surface area contributed by atoms with E-state index in [0.717, 1.165) is 17.5 Å². The summed E-state index contributed by atoms with van der Waals surface area (Å²) in [5.41, 5.74) is 1.99. The molecule has 2 rings (SSSR count). The number of methoxy groups -OCH3 is 2. The van der Waals surface area contributed by atoms with Crippen LogP contribution in [0.2, 0.25) is 0 Å². The summed E-state index contributed by atoms with van der Waals surface area (Å²) in [6, 6.07) is 9.53. The molecule has 0 saturated heterocycles. The fraction of sp³-hybridized carbons (Fsp3) is 0.304. The Hall–Kier alpha value is -3.56. The van der Waals surface area contributed by atoms with Crippen LogP contribution in [0, 0.1) is 0 Å². The third kappa shape index (κ3) is 12.9. The third-order valence-electron chi connectivity index (χ3n) is 3.76. The molecule has 2 N–H and O–H groups in total. The Bertz CT molecular complexity index is 766.